The van der Waals surface area contributed by atoms with E-state index < -0.39 is 0 Å². The second kappa shape index (κ2) is 7.93. The van der Waals surface area contributed by atoms with E-state index in [4.69, 9.17) is 4.98 Å². The molecule has 0 aromatic carbocycles. The molecule has 31 heavy (non-hydrogen) atoms. The fraction of sp³-hybridized carbons (Fsp3) is 0.400. The van der Waals surface area contributed by atoms with E-state index in [2.05, 4.69) is 35.9 Å². The van der Waals surface area contributed by atoms with Gasteiger partial charge in [-0.15, -0.1) is 0 Å². The maximum absolute atomic E-state index is 13.0. The molecule has 6 heteroatoms. The van der Waals surface area contributed by atoms with Crippen molar-refractivity contribution < 1.29 is 0 Å². The molecule has 0 saturated carbocycles. The van der Waals surface area contributed by atoms with Gasteiger partial charge in [0.05, 0.1) is 11.4 Å². The number of pyridine rings is 2. The van der Waals surface area contributed by atoms with Crippen molar-refractivity contribution in [3.63, 3.8) is 0 Å². The molecule has 6 nitrogen and oxygen atoms in total. The van der Waals surface area contributed by atoms with Gasteiger partial charge >= 0.3 is 0 Å². The van der Waals surface area contributed by atoms with Gasteiger partial charge in [0.2, 0.25) is 0 Å². The van der Waals surface area contributed by atoms with Gasteiger partial charge in [-0.25, -0.2) is 9.97 Å². The lowest BCUT2D eigenvalue weighted by Crippen LogP contribution is -2.32. The molecule has 160 valence electrons. The summed E-state index contributed by atoms with van der Waals surface area (Å²) in [7, 11) is 0. The summed E-state index contributed by atoms with van der Waals surface area (Å²) < 4.78 is 3.74. The Morgan fingerprint density at radius 3 is 2.58 bits per heavy atom. The Kier molecular flexibility index (Phi) is 5.10. The molecule has 0 unspecified atom stereocenters. The van der Waals surface area contributed by atoms with Gasteiger partial charge < -0.3 is 9.30 Å². The van der Waals surface area contributed by atoms with Crippen LogP contribution < -0.4 is 5.56 Å². The van der Waals surface area contributed by atoms with Crippen molar-refractivity contribution in [2.75, 3.05) is 19.6 Å². The molecular weight excluding hydrogens is 386 g/mol. The molecule has 0 atom stereocenters. The van der Waals surface area contributed by atoms with Crippen LogP contribution in [0.2, 0.25) is 0 Å². The van der Waals surface area contributed by atoms with E-state index in [1.165, 1.54) is 5.56 Å². The second-order valence-electron chi connectivity index (χ2n) is 8.60. The van der Waals surface area contributed by atoms with Gasteiger partial charge in [0.15, 0.2) is 0 Å². The van der Waals surface area contributed by atoms with E-state index in [-0.39, 0.29) is 5.56 Å². The highest BCUT2D eigenvalue weighted by atomic mass is 16.1. The maximum Gasteiger partial charge on any atom is 0.258 e. The summed E-state index contributed by atoms with van der Waals surface area (Å²) >= 11 is 0. The van der Waals surface area contributed by atoms with Crippen LogP contribution >= 0.6 is 0 Å². The summed E-state index contributed by atoms with van der Waals surface area (Å²) in [5, 5.41) is 0. The fourth-order valence-electron chi connectivity index (χ4n) is 4.78. The molecule has 5 heterocycles. The van der Waals surface area contributed by atoms with E-state index in [9.17, 15) is 4.79 Å². The molecule has 0 amide bonds. The first-order valence-corrected chi connectivity index (χ1v) is 11.3. The van der Waals surface area contributed by atoms with Crippen LogP contribution in [0.15, 0.2) is 47.7 Å². The van der Waals surface area contributed by atoms with Crippen molar-refractivity contribution in [1.82, 2.24) is 23.7 Å². The highest BCUT2D eigenvalue weighted by Gasteiger charge is 2.20. The lowest BCUT2D eigenvalue weighted by Gasteiger charge is -2.31. The standard InChI is InChI=1S/C25H29N5O/c1-4-18-12-21(15-29-14-17(3)26-25(18)29)22-13-24(31)30-16-20(6-7-23(30)27-22)19-8-10-28(5-2)11-9-19/h6-7,12-16,19H,4-5,8-11H2,1-3H3. The minimum absolute atomic E-state index is 0.0344. The topological polar surface area (TPSA) is 54.9 Å². The Labute approximate surface area is 182 Å². The SMILES string of the molecule is CCc1cc(-c2cc(=O)n3cc(C4CCN(CC)CC4)ccc3n2)cn2cc(C)nc12. The van der Waals surface area contributed by atoms with Crippen LogP contribution in [0, 0.1) is 6.92 Å². The molecule has 5 rings (SSSR count). The van der Waals surface area contributed by atoms with Crippen LogP contribution in [0.3, 0.4) is 0 Å². The minimum Gasteiger partial charge on any atom is -0.306 e. The van der Waals surface area contributed by atoms with Gasteiger partial charge in [-0.2, -0.15) is 0 Å². The number of aromatic nitrogens is 4. The Balaban J connectivity index is 1.53. The molecule has 4 aromatic heterocycles. The van der Waals surface area contributed by atoms with Crippen LogP contribution in [0.25, 0.3) is 22.6 Å². The minimum atomic E-state index is -0.0344. The van der Waals surface area contributed by atoms with E-state index >= 15 is 0 Å². The molecular formula is C25H29N5O. The van der Waals surface area contributed by atoms with E-state index in [1.54, 1.807) is 10.5 Å². The van der Waals surface area contributed by atoms with Gasteiger partial charge in [-0.1, -0.05) is 19.9 Å². The highest BCUT2D eigenvalue weighted by molar-refractivity contribution is 5.66. The largest absolute Gasteiger partial charge is 0.306 e. The summed E-state index contributed by atoms with van der Waals surface area (Å²) in [5.74, 6) is 0.512. The smallest absolute Gasteiger partial charge is 0.258 e. The number of hydrogen-bond donors (Lipinski definition) is 0. The van der Waals surface area contributed by atoms with Crippen molar-refractivity contribution >= 4 is 11.3 Å². The fourth-order valence-corrected chi connectivity index (χ4v) is 4.78. The number of likely N-dealkylation sites (tertiary alicyclic amines) is 1. The monoisotopic (exact) mass is 415 g/mol. The molecule has 0 spiro atoms. The Morgan fingerprint density at radius 1 is 1.03 bits per heavy atom. The predicted octanol–water partition coefficient (Wildman–Crippen LogP) is 4.08. The number of piperidine rings is 1. The molecule has 1 aliphatic rings. The van der Waals surface area contributed by atoms with Crippen LogP contribution in [0.4, 0.5) is 0 Å². The summed E-state index contributed by atoms with van der Waals surface area (Å²) in [4.78, 5) is 25.0. The normalized spacial score (nSPS) is 15.8. The van der Waals surface area contributed by atoms with Crippen LogP contribution in [0.5, 0.6) is 0 Å². The zero-order valence-electron chi connectivity index (χ0n) is 18.5. The highest BCUT2D eigenvalue weighted by Crippen LogP contribution is 2.28. The first kappa shape index (κ1) is 19.9. The van der Waals surface area contributed by atoms with E-state index in [1.807, 2.05) is 36.0 Å². The Hall–Kier alpha value is -2.99. The summed E-state index contributed by atoms with van der Waals surface area (Å²) in [5.41, 5.74) is 6.65. The number of imidazole rings is 1. The number of fused-ring (bicyclic) bond motifs is 2. The maximum atomic E-state index is 13.0. The lowest BCUT2D eigenvalue weighted by molar-refractivity contribution is 0.222. The molecule has 1 fully saturated rings. The summed E-state index contributed by atoms with van der Waals surface area (Å²) in [6.45, 7) is 9.70. The van der Waals surface area contributed by atoms with E-state index in [0.717, 1.165) is 61.4 Å². The first-order chi connectivity index (χ1) is 15.1. The van der Waals surface area contributed by atoms with Crippen LogP contribution in [0.1, 0.15) is 49.4 Å². The zero-order chi connectivity index (χ0) is 21.5. The molecule has 0 aliphatic carbocycles. The van der Waals surface area contributed by atoms with Crippen molar-refractivity contribution in [3.8, 4) is 11.3 Å². The van der Waals surface area contributed by atoms with Gasteiger partial charge in [0.1, 0.15) is 11.3 Å². The third-order valence-corrected chi connectivity index (χ3v) is 6.61. The average molecular weight is 416 g/mol. The molecule has 0 radical (unpaired) electrons. The van der Waals surface area contributed by atoms with Crippen LogP contribution in [-0.4, -0.2) is 43.3 Å². The van der Waals surface area contributed by atoms with Crippen molar-refractivity contribution in [3.05, 3.63) is 70.0 Å². The number of rotatable bonds is 4. The number of aryl methyl sites for hydroxylation is 2. The molecule has 0 bridgehead atoms. The molecule has 0 N–H and O–H groups in total. The Bertz CT molecular complexity index is 1310. The molecule has 1 aliphatic heterocycles. The quantitative estimate of drug-likeness (QED) is 0.504. The van der Waals surface area contributed by atoms with Gasteiger partial charge in [0.25, 0.3) is 5.56 Å². The van der Waals surface area contributed by atoms with Gasteiger partial charge in [0, 0.05) is 30.2 Å². The van der Waals surface area contributed by atoms with Gasteiger partial charge in [-0.3, -0.25) is 9.20 Å². The zero-order valence-corrected chi connectivity index (χ0v) is 18.5. The third-order valence-electron chi connectivity index (χ3n) is 6.61. The first-order valence-electron chi connectivity index (χ1n) is 11.3. The van der Waals surface area contributed by atoms with E-state index in [0.29, 0.717) is 17.3 Å². The third kappa shape index (κ3) is 3.65. The van der Waals surface area contributed by atoms with Crippen molar-refractivity contribution in [1.29, 1.82) is 0 Å². The number of nitrogens with zero attached hydrogens (tertiary/aromatic N) is 5. The van der Waals surface area contributed by atoms with Crippen molar-refractivity contribution in [2.45, 2.75) is 46.0 Å². The predicted molar refractivity (Wildman–Crippen MR) is 124 cm³/mol. The average Bonchev–Trinajstić information content (AvgIpc) is 3.18. The Morgan fingerprint density at radius 2 is 1.84 bits per heavy atom. The molecule has 1 saturated heterocycles. The summed E-state index contributed by atoms with van der Waals surface area (Å²) in [6.07, 6.45) is 9.19. The lowest BCUT2D eigenvalue weighted by atomic mass is 9.90. The van der Waals surface area contributed by atoms with Gasteiger partial charge in [-0.05, 0) is 75.0 Å². The number of hydrogen-bond acceptors (Lipinski definition) is 4. The summed E-state index contributed by atoms with van der Waals surface area (Å²) in [6, 6.07) is 7.90. The van der Waals surface area contributed by atoms with Crippen molar-refractivity contribution in [2.24, 2.45) is 0 Å². The molecule has 4 aromatic rings. The second-order valence-corrected chi connectivity index (χ2v) is 8.60. The van der Waals surface area contributed by atoms with Crippen LogP contribution in [-0.2, 0) is 6.42 Å².